The predicted molar refractivity (Wildman–Crippen MR) is 66.4 cm³/mol. The highest BCUT2D eigenvalue weighted by atomic mass is 19.4. The van der Waals surface area contributed by atoms with Crippen molar-refractivity contribution in [2.75, 3.05) is 0 Å². The molecule has 0 unspecified atom stereocenters. The Hall–Kier alpha value is -1.78. The number of carbonyl (C=O) groups excluding carboxylic acids is 1. The van der Waals surface area contributed by atoms with Crippen molar-refractivity contribution in [1.29, 1.82) is 0 Å². The lowest BCUT2D eigenvalue weighted by molar-refractivity contribution is -0.136. The smallest absolute Gasteiger partial charge is 0.320 e. The van der Waals surface area contributed by atoms with E-state index >= 15 is 0 Å². The zero-order chi connectivity index (χ0) is 14.2. The molecule has 2 aromatic rings. The van der Waals surface area contributed by atoms with Crippen LogP contribution in [0.3, 0.4) is 0 Å². The fourth-order valence-corrected chi connectivity index (χ4v) is 2.27. The highest BCUT2D eigenvalue weighted by molar-refractivity contribution is 6.02. The van der Waals surface area contributed by atoms with Crippen molar-refractivity contribution in [2.24, 2.45) is 0 Å². The zero-order valence-corrected chi connectivity index (χ0v) is 10.7. The Morgan fingerprint density at radius 2 is 2.05 bits per heavy atom. The second kappa shape index (κ2) is 4.72. The van der Waals surface area contributed by atoms with E-state index in [0.717, 1.165) is 18.2 Å². The summed E-state index contributed by atoms with van der Waals surface area (Å²) < 4.78 is 40.6. The van der Waals surface area contributed by atoms with Crippen molar-refractivity contribution in [3.05, 3.63) is 41.2 Å². The molecular formula is C14H14F3NO. The van der Waals surface area contributed by atoms with Crippen molar-refractivity contribution in [3.8, 4) is 0 Å². The molecule has 2 heterocycles. The van der Waals surface area contributed by atoms with Crippen LogP contribution in [0.2, 0.25) is 0 Å². The van der Waals surface area contributed by atoms with Crippen LogP contribution in [0.15, 0.2) is 24.4 Å². The van der Waals surface area contributed by atoms with Crippen molar-refractivity contribution in [1.82, 2.24) is 4.40 Å². The molecule has 2 nitrogen and oxygen atoms in total. The van der Waals surface area contributed by atoms with Gasteiger partial charge in [0, 0.05) is 17.5 Å². The van der Waals surface area contributed by atoms with Crippen LogP contribution in [0, 0.1) is 0 Å². The Balaban J connectivity index is 2.83. The van der Waals surface area contributed by atoms with E-state index in [1.54, 1.807) is 12.3 Å². The van der Waals surface area contributed by atoms with E-state index in [2.05, 4.69) is 0 Å². The van der Waals surface area contributed by atoms with Gasteiger partial charge < -0.3 is 4.40 Å². The molecule has 102 valence electrons. The number of carbonyl (C=O) groups is 1. The van der Waals surface area contributed by atoms with Crippen LogP contribution in [-0.2, 0) is 12.6 Å². The fourth-order valence-electron chi connectivity index (χ4n) is 2.27. The molecule has 0 aliphatic carbocycles. The Bertz CT molecular complexity index is 625. The molecule has 0 bridgehead atoms. The first kappa shape index (κ1) is 13.6. The van der Waals surface area contributed by atoms with Gasteiger partial charge >= 0.3 is 6.18 Å². The third-order valence-electron chi connectivity index (χ3n) is 3.06. The van der Waals surface area contributed by atoms with Gasteiger partial charge in [0.15, 0.2) is 5.78 Å². The number of Topliss-reactive ketones (excluding diaryl/α,β-unsaturated/α-hetero) is 1. The number of aryl methyl sites for hydroxylation is 1. The largest absolute Gasteiger partial charge is 0.418 e. The zero-order valence-electron chi connectivity index (χ0n) is 10.7. The summed E-state index contributed by atoms with van der Waals surface area (Å²) in [6, 6.07) is 3.94. The van der Waals surface area contributed by atoms with E-state index in [1.807, 2.05) is 6.92 Å². The molecule has 0 saturated carbocycles. The van der Waals surface area contributed by atoms with Crippen molar-refractivity contribution in [3.63, 3.8) is 0 Å². The lowest BCUT2D eigenvalue weighted by Gasteiger charge is -2.10. The van der Waals surface area contributed by atoms with Crippen LogP contribution in [0.1, 0.15) is 41.9 Å². The Labute approximate surface area is 108 Å². The highest BCUT2D eigenvalue weighted by Gasteiger charge is 2.34. The first-order valence-electron chi connectivity index (χ1n) is 6.07. The van der Waals surface area contributed by atoms with Gasteiger partial charge in [0.25, 0.3) is 0 Å². The van der Waals surface area contributed by atoms with Crippen LogP contribution >= 0.6 is 0 Å². The van der Waals surface area contributed by atoms with Crippen LogP contribution in [0.4, 0.5) is 13.2 Å². The Morgan fingerprint density at radius 3 is 2.58 bits per heavy atom. The summed E-state index contributed by atoms with van der Waals surface area (Å²) in [4.78, 5) is 11.6. The minimum Gasteiger partial charge on any atom is -0.320 e. The second-order valence-electron chi connectivity index (χ2n) is 4.49. The predicted octanol–water partition coefficient (Wildman–Crippen LogP) is 4.11. The first-order chi connectivity index (χ1) is 8.86. The molecule has 0 radical (unpaired) electrons. The van der Waals surface area contributed by atoms with Gasteiger partial charge in [-0.25, -0.2) is 0 Å². The molecule has 19 heavy (non-hydrogen) atoms. The third kappa shape index (κ3) is 2.37. The van der Waals surface area contributed by atoms with E-state index in [1.165, 1.54) is 17.4 Å². The minimum absolute atomic E-state index is 0.0362. The van der Waals surface area contributed by atoms with Gasteiger partial charge in [-0.1, -0.05) is 13.3 Å². The molecule has 0 atom stereocenters. The van der Waals surface area contributed by atoms with Gasteiger partial charge in [0.2, 0.25) is 0 Å². The van der Waals surface area contributed by atoms with Gasteiger partial charge in [0.1, 0.15) is 0 Å². The van der Waals surface area contributed by atoms with Crippen LogP contribution in [0.5, 0.6) is 0 Å². The van der Waals surface area contributed by atoms with Crippen molar-refractivity contribution >= 4 is 11.3 Å². The average Bonchev–Trinajstić information content (AvgIpc) is 2.67. The first-order valence-corrected chi connectivity index (χ1v) is 6.07. The van der Waals surface area contributed by atoms with E-state index in [-0.39, 0.29) is 16.9 Å². The minimum atomic E-state index is -4.46. The molecule has 2 aromatic heterocycles. The lowest BCUT2D eigenvalue weighted by atomic mass is 10.1. The standard InChI is InChI=1S/C14H14F3NO/c1-3-5-10-8-11(9(2)19)13-12(14(15,16)17)6-4-7-18(10)13/h4,6-8H,3,5H2,1-2H3. The normalized spacial score (nSPS) is 12.1. The number of aromatic nitrogens is 1. The molecule has 0 fully saturated rings. The molecule has 0 saturated heterocycles. The summed E-state index contributed by atoms with van der Waals surface area (Å²) in [7, 11) is 0. The van der Waals surface area contributed by atoms with E-state index < -0.39 is 11.7 Å². The number of alkyl halides is 3. The maximum Gasteiger partial charge on any atom is 0.418 e. The topological polar surface area (TPSA) is 21.5 Å². The molecule has 0 amide bonds. The van der Waals surface area contributed by atoms with Gasteiger partial charge in [-0.05, 0) is 31.5 Å². The van der Waals surface area contributed by atoms with Crippen molar-refractivity contribution in [2.45, 2.75) is 32.9 Å². The number of rotatable bonds is 3. The Kier molecular flexibility index (Phi) is 3.39. The lowest BCUT2D eigenvalue weighted by Crippen LogP contribution is -2.09. The quantitative estimate of drug-likeness (QED) is 0.768. The second-order valence-corrected chi connectivity index (χ2v) is 4.49. The summed E-state index contributed by atoms with van der Waals surface area (Å²) in [6.07, 6.45) is -1.45. The van der Waals surface area contributed by atoms with E-state index in [9.17, 15) is 18.0 Å². The molecular weight excluding hydrogens is 255 g/mol. The average molecular weight is 269 g/mol. The molecule has 0 N–H and O–H groups in total. The van der Waals surface area contributed by atoms with Gasteiger partial charge in [0.05, 0.1) is 11.1 Å². The highest BCUT2D eigenvalue weighted by Crippen LogP contribution is 2.35. The van der Waals surface area contributed by atoms with Crippen LogP contribution in [0.25, 0.3) is 5.52 Å². The maximum atomic E-state index is 13.0. The molecule has 5 heteroatoms. The monoisotopic (exact) mass is 269 g/mol. The number of halogens is 3. The summed E-state index contributed by atoms with van der Waals surface area (Å²) in [5.74, 6) is -0.350. The third-order valence-corrected chi connectivity index (χ3v) is 3.06. The SMILES string of the molecule is CCCc1cc(C(C)=O)c2c(C(F)(F)F)cccn12. The fraction of sp³-hybridized carbons (Fsp3) is 0.357. The van der Waals surface area contributed by atoms with Gasteiger partial charge in [-0.2, -0.15) is 13.2 Å². The molecule has 2 rings (SSSR count). The molecule has 0 spiro atoms. The van der Waals surface area contributed by atoms with Crippen molar-refractivity contribution < 1.29 is 18.0 Å². The molecule has 0 aliphatic rings. The maximum absolute atomic E-state index is 13.0. The number of hydrogen-bond acceptors (Lipinski definition) is 1. The Morgan fingerprint density at radius 1 is 1.37 bits per heavy atom. The van der Waals surface area contributed by atoms with Gasteiger partial charge in [-0.3, -0.25) is 4.79 Å². The molecule has 0 aromatic carbocycles. The van der Waals surface area contributed by atoms with Gasteiger partial charge in [-0.15, -0.1) is 0 Å². The van der Waals surface area contributed by atoms with Crippen LogP contribution < -0.4 is 0 Å². The number of fused-ring (bicyclic) bond motifs is 1. The number of ketones is 1. The summed E-state index contributed by atoms with van der Waals surface area (Å²) in [5.41, 5.74) is 0.0682. The summed E-state index contributed by atoms with van der Waals surface area (Å²) >= 11 is 0. The molecule has 0 aliphatic heterocycles. The summed E-state index contributed by atoms with van der Waals surface area (Å²) in [5, 5.41) is 0. The van der Waals surface area contributed by atoms with Crippen LogP contribution in [-0.4, -0.2) is 10.2 Å². The number of pyridine rings is 1. The van der Waals surface area contributed by atoms with E-state index in [4.69, 9.17) is 0 Å². The number of nitrogens with zero attached hydrogens (tertiary/aromatic N) is 1. The summed E-state index contributed by atoms with van der Waals surface area (Å²) in [6.45, 7) is 3.23. The van der Waals surface area contributed by atoms with E-state index in [0.29, 0.717) is 6.42 Å². The number of hydrogen-bond donors (Lipinski definition) is 0.